The molecule has 172 valence electrons. The van der Waals surface area contributed by atoms with Crippen LogP contribution in [0.5, 0.6) is 5.75 Å². The second-order valence-corrected chi connectivity index (χ2v) is 9.18. The Bertz CT molecular complexity index is 1190. The van der Waals surface area contributed by atoms with Crippen molar-refractivity contribution in [3.8, 4) is 5.75 Å². The molecule has 1 aliphatic rings. The largest absolute Gasteiger partial charge is 0.496 e. The number of benzene rings is 3. The van der Waals surface area contributed by atoms with Crippen molar-refractivity contribution in [2.24, 2.45) is 5.92 Å². The van der Waals surface area contributed by atoms with Gasteiger partial charge in [-0.1, -0.05) is 53.5 Å². The van der Waals surface area contributed by atoms with Crippen LogP contribution < -0.4 is 4.74 Å². The highest BCUT2D eigenvalue weighted by Crippen LogP contribution is 2.30. The summed E-state index contributed by atoms with van der Waals surface area (Å²) < 4.78 is 5.44. The molecule has 0 radical (unpaired) electrons. The van der Waals surface area contributed by atoms with E-state index >= 15 is 0 Å². The Hall–Kier alpha value is -2.76. The fourth-order valence-corrected chi connectivity index (χ4v) is 4.76. The first-order valence-corrected chi connectivity index (χ1v) is 11.7. The lowest BCUT2D eigenvalue weighted by Crippen LogP contribution is -2.43. The first-order valence-electron chi connectivity index (χ1n) is 10.9. The van der Waals surface area contributed by atoms with Gasteiger partial charge in [0, 0.05) is 43.5 Å². The van der Waals surface area contributed by atoms with Crippen molar-refractivity contribution in [1.82, 2.24) is 9.80 Å². The zero-order valence-electron chi connectivity index (χ0n) is 18.7. The normalized spacial score (nSPS) is 14.4. The van der Waals surface area contributed by atoms with Crippen molar-refractivity contribution in [3.05, 3.63) is 75.8 Å². The Morgan fingerprint density at radius 2 is 1.70 bits per heavy atom. The molecule has 3 aromatic rings. The monoisotopic (exact) mass is 484 g/mol. The molecule has 5 nitrogen and oxygen atoms in total. The first-order chi connectivity index (χ1) is 15.9. The number of piperidine rings is 1. The van der Waals surface area contributed by atoms with Crippen molar-refractivity contribution in [2.45, 2.75) is 19.4 Å². The van der Waals surface area contributed by atoms with Crippen LogP contribution in [0.25, 0.3) is 10.8 Å². The fourth-order valence-electron chi connectivity index (χ4n) is 4.44. The highest BCUT2D eigenvalue weighted by atomic mass is 35.5. The highest BCUT2D eigenvalue weighted by Gasteiger charge is 2.30. The fraction of sp³-hybridized carbons (Fsp3) is 0.308. The molecule has 0 atom stereocenters. The number of hydrogen-bond donors (Lipinski definition) is 0. The van der Waals surface area contributed by atoms with E-state index in [0.717, 1.165) is 22.1 Å². The van der Waals surface area contributed by atoms with E-state index < -0.39 is 0 Å². The number of hydrogen-bond acceptors (Lipinski definition) is 3. The molecule has 0 bridgehead atoms. The van der Waals surface area contributed by atoms with Crippen molar-refractivity contribution < 1.29 is 14.3 Å². The van der Waals surface area contributed by atoms with E-state index in [2.05, 4.69) is 0 Å². The average Bonchev–Trinajstić information content (AvgIpc) is 2.84. The van der Waals surface area contributed by atoms with Gasteiger partial charge in [0.15, 0.2) is 0 Å². The third-order valence-electron chi connectivity index (χ3n) is 6.25. The molecule has 1 heterocycles. The molecule has 33 heavy (non-hydrogen) atoms. The van der Waals surface area contributed by atoms with E-state index in [1.165, 1.54) is 0 Å². The smallest absolute Gasteiger partial charge is 0.254 e. The van der Waals surface area contributed by atoms with Gasteiger partial charge in [0.25, 0.3) is 5.91 Å². The van der Waals surface area contributed by atoms with E-state index in [4.69, 9.17) is 27.9 Å². The van der Waals surface area contributed by atoms with Gasteiger partial charge in [0.05, 0.1) is 17.2 Å². The number of amides is 2. The summed E-state index contributed by atoms with van der Waals surface area (Å²) in [6.07, 6.45) is 1.29. The Labute approximate surface area is 203 Å². The molecule has 7 heteroatoms. The Morgan fingerprint density at radius 3 is 2.36 bits per heavy atom. The van der Waals surface area contributed by atoms with Crippen molar-refractivity contribution in [3.63, 3.8) is 0 Å². The third-order valence-corrected chi connectivity index (χ3v) is 6.98. The summed E-state index contributed by atoms with van der Waals surface area (Å²) in [6, 6.07) is 16.8. The van der Waals surface area contributed by atoms with Gasteiger partial charge in [-0.15, -0.1) is 0 Å². The molecular weight excluding hydrogens is 459 g/mol. The number of carbonyl (C=O) groups excluding carboxylic acids is 2. The van der Waals surface area contributed by atoms with Crippen LogP contribution in [-0.2, 0) is 11.3 Å². The minimum atomic E-state index is -0.102. The zero-order valence-corrected chi connectivity index (χ0v) is 20.2. The van der Waals surface area contributed by atoms with Gasteiger partial charge in [-0.2, -0.15) is 0 Å². The summed E-state index contributed by atoms with van der Waals surface area (Å²) in [6.45, 7) is 1.57. The van der Waals surface area contributed by atoms with Crippen LogP contribution >= 0.6 is 23.2 Å². The van der Waals surface area contributed by atoms with Gasteiger partial charge < -0.3 is 14.5 Å². The summed E-state index contributed by atoms with van der Waals surface area (Å²) in [4.78, 5) is 29.9. The molecule has 1 saturated heterocycles. The predicted octanol–water partition coefficient (Wildman–Crippen LogP) is 5.67. The van der Waals surface area contributed by atoms with Gasteiger partial charge in [0.2, 0.25) is 5.91 Å². The van der Waals surface area contributed by atoms with Gasteiger partial charge in [0.1, 0.15) is 5.75 Å². The van der Waals surface area contributed by atoms with Crippen LogP contribution in [0.15, 0.2) is 54.6 Å². The third kappa shape index (κ3) is 4.94. The Balaban J connectivity index is 1.40. The standard InChI is InChI=1S/C26H26Cl2N2O3/c1-29(16-17-7-9-22(27)23(28)15-17)25(31)18-11-13-30(14-12-18)26(32)21-8-10-24(33-2)20-6-4-3-5-19(20)21/h3-10,15,18H,11-14,16H2,1-2H3. The molecule has 3 aromatic carbocycles. The number of nitrogens with zero attached hydrogens (tertiary/aromatic N) is 2. The number of rotatable bonds is 5. The van der Waals surface area contributed by atoms with Crippen LogP contribution in [-0.4, -0.2) is 48.9 Å². The van der Waals surface area contributed by atoms with Crippen molar-refractivity contribution >= 4 is 45.8 Å². The predicted molar refractivity (Wildman–Crippen MR) is 132 cm³/mol. The van der Waals surface area contributed by atoms with Crippen LogP contribution in [0, 0.1) is 5.92 Å². The molecule has 1 aliphatic heterocycles. The maximum atomic E-state index is 13.3. The molecule has 1 fully saturated rings. The zero-order chi connectivity index (χ0) is 23.5. The second kappa shape index (κ2) is 10.0. The maximum Gasteiger partial charge on any atom is 0.254 e. The average molecular weight is 485 g/mol. The van der Waals surface area contributed by atoms with Gasteiger partial charge >= 0.3 is 0 Å². The number of fused-ring (bicyclic) bond motifs is 1. The number of carbonyl (C=O) groups is 2. The van der Waals surface area contributed by atoms with E-state index in [-0.39, 0.29) is 17.7 Å². The van der Waals surface area contributed by atoms with Gasteiger partial charge in [-0.05, 0) is 48.1 Å². The van der Waals surface area contributed by atoms with E-state index in [9.17, 15) is 9.59 Å². The topological polar surface area (TPSA) is 49.9 Å². The maximum absolute atomic E-state index is 13.3. The molecule has 0 spiro atoms. The lowest BCUT2D eigenvalue weighted by atomic mass is 9.94. The summed E-state index contributed by atoms with van der Waals surface area (Å²) in [5.41, 5.74) is 1.59. The molecule has 2 amide bonds. The highest BCUT2D eigenvalue weighted by molar-refractivity contribution is 6.42. The first kappa shape index (κ1) is 23.4. The Kier molecular flexibility index (Phi) is 7.11. The molecule has 0 unspecified atom stereocenters. The molecule has 0 aliphatic carbocycles. The van der Waals surface area contributed by atoms with Crippen LogP contribution in [0.1, 0.15) is 28.8 Å². The van der Waals surface area contributed by atoms with Gasteiger partial charge in [-0.3, -0.25) is 9.59 Å². The number of ether oxygens (including phenoxy) is 1. The van der Waals surface area contributed by atoms with E-state index in [0.29, 0.717) is 48.1 Å². The molecular formula is C26H26Cl2N2O3. The minimum Gasteiger partial charge on any atom is -0.496 e. The number of halogens is 2. The van der Waals surface area contributed by atoms with E-state index in [1.807, 2.05) is 47.4 Å². The molecule has 0 N–H and O–H groups in total. The summed E-state index contributed by atoms with van der Waals surface area (Å²) >= 11 is 12.1. The minimum absolute atomic E-state index is 0.0103. The van der Waals surface area contributed by atoms with Crippen molar-refractivity contribution in [1.29, 1.82) is 0 Å². The lowest BCUT2D eigenvalue weighted by Gasteiger charge is -2.33. The summed E-state index contributed by atoms with van der Waals surface area (Å²) in [5, 5.41) is 2.77. The van der Waals surface area contributed by atoms with Gasteiger partial charge in [-0.25, -0.2) is 0 Å². The molecule has 0 aromatic heterocycles. The summed E-state index contributed by atoms with van der Waals surface area (Å²) in [7, 11) is 3.43. The number of likely N-dealkylation sites (tertiary alicyclic amines) is 1. The van der Waals surface area contributed by atoms with Crippen LogP contribution in [0.2, 0.25) is 10.0 Å². The number of methoxy groups -OCH3 is 1. The van der Waals surface area contributed by atoms with E-state index in [1.54, 1.807) is 31.2 Å². The van der Waals surface area contributed by atoms with Crippen molar-refractivity contribution in [2.75, 3.05) is 27.2 Å². The summed E-state index contributed by atoms with van der Waals surface area (Å²) in [5.74, 6) is 0.720. The molecule has 4 rings (SSSR count). The Morgan fingerprint density at radius 1 is 1.00 bits per heavy atom. The van der Waals surface area contributed by atoms with Crippen LogP contribution in [0.3, 0.4) is 0 Å². The molecule has 0 saturated carbocycles. The second-order valence-electron chi connectivity index (χ2n) is 8.37. The quantitative estimate of drug-likeness (QED) is 0.468. The lowest BCUT2D eigenvalue weighted by molar-refractivity contribution is -0.136. The SMILES string of the molecule is COc1ccc(C(=O)N2CCC(C(=O)N(C)Cc3ccc(Cl)c(Cl)c3)CC2)c2ccccc12. The van der Waals surface area contributed by atoms with Crippen LogP contribution in [0.4, 0.5) is 0 Å².